The van der Waals surface area contributed by atoms with Crippen LogP contribution in [0.1, 0.15) is 26.3 Å². The van der Waals surface area contributed by atoms with Gasteiger partial charge in [-0.15, -0.1) is 0 Å². The number of ether oxygens (including phenoxy) is 1. The van der Waals surface area contributed by atoms with Gasteiger partial charge in [0.1, 0.15) is 0 Å². The van der Waals surface area contributed by atoms with E-state index in [0.29, 0.717) is 6.04 Å². The first-order valence-electron chi connectivity index (χ1n) is 5.69. The molecule has 0 saturated heterocycles. The third-order valence-corrected chi connectivity index (χ3v) is 2.35. The van der Waals surface area contributed by atoms with Crippen LogP contribution in [0.3, 0.4) is 0 Å². The van der Waals surface area contributed by atoms with Crippen molar-refractivity contribution < 1.29 is 4.74 Å². The number of rotatable bonds is 6. The molecule has 84 valence electrons. The maximum atomic E-state index is 5.35. The molecule has 1 unspecified atom stereocenters. The number of nitrogens with one attached hydrogen (secondary N) is 1. The molecule has 0 aromatic heterocycles. The van der Waals surface area contributed by atoms with Crippen molar-refractivity contribution >= 4 is 5.69 Å². The first-order valence-corrected chi connectivity index (χ1v) is 5.69. The van der Waals surface area contributed by atoms with E-state index in [1.54, 1.807) is 0 Å². The van der Waals surface area contributed by atoms with Crippen molar-refractivity contribution in [3.63, 3.8) is 0 Å². The summed E-state index contributed by atoms with van der Waals surface area (Å²) in [5.74, 6) is 0. The normalized spacial score (nSPS) is 12.5. The Bertz CT molecular complexity index is 268. The number of anilines is 1. The van der Waals surface area contributed by atoms with Crippen molar-refractivity contribution in [1.82, 2.24) is 0 Å². The Morgan fingerprint density at radius 1 is 1.20 bits per heavy atom. The van der Waals surface area contributed by atoms with Crippen LogP contribution in [0.25, 0.3) is 0 Å². The molecule has 1 atom stereocenters. The van der Waals surface area contributed by atoms with Crippen molar-refractivity contribution in [2.45, 2.75) is 33.2 Å². The van der Waals surface area contributed by atoms with Gasteiger partial charge in [-0.25, -0.2) is 0 Å². The molecule has 0 amide bonds. The van der Waals surface area contributed by atoms with Gasteiger partial charge in [-0.05, 0) is 38.0 Å². The molecule has 0 bridgehead atoms. The van der Waals surface area contributed by atoms with Crippen LogP contribution >= 0.6 is 0 Å². The Morgan fingerprint density at radius 3 is 2.40 bits per heavy atom. The lowest BCUT2D eigenvalue weighted by molar-refractivity contribution is 0.141. The molecule has 2 heteroatoms. The first-order chi connectivity index (χ1) is 7.26. The van der Waals surface area contributed by atoms with E-state index in [9.17, 15) is 0 Å². The fourth-order valence-corrected chi connectivity index (χ4v) is 1.46. The summed E-state index contributed by atoms with van der Waals surface area (Å²) in [6.45, 7) is 7.85. The number of hydrogen-bond acceptors (Lipinski definition) is 2. The summed E-state index contributed by atoms with van der Waals surface area (Å²) in [5.41, 5.74) is 2.54. The molecule has 0 aliphatic heterocycles. The van der Waals surface area contributed by atoms with Gasteiger partial charge in [0.25, 0.3) is 0 Å². The van der Waals surface area contributed by atoms with E-state index in [1.165, 1.54) is 11.3 Å². The zero-order valence-electron chi connectivity index (χ0n) is 9.92. The fraction of sp³-hybridized carbons (Fsp3) is 0.538. The number of aryl methyl sites for hydroxylation is 1. The molecule has 0 saturated carbocycles. The fourth-order valence-electron chi connectivity index (χ4n) is 1.46. The molecular formula is C13H21NO. The van der Waals surface area contributed by atoms with Crippen LogP contribution in [0.5, 0.6) is 0 Å². The van der Waals surface area contributed by atoms with E-state index in [1.807, 2.05) is 6.92 Å². The van der Waals surface area contributed by atoms with E-state index in [0.717, 1.165) is 19.6 Å². The van der Waals surface area contributed by atoms with Gasteiger partial charge < -0.3 is 10.1 Å². The van der Waals surface area contributed by atoms with E-state index < -0.39 is 0 Å². The minimum atomic E-state index is 0.359. The highest BCUT2D eigenvalue weighted by Gasteiger charge is 2.00. The van der Waals surface area contributed by atoms with E-state index in [4.69, 9.17) is 4.74 Å². The Balaban J connectivity index is 2.42. The summed E-state index contributed by atoms with van der Waals surface area (Å²) in [6.07, 6.45) is 1.09. The predicted octanol–water partition coefficient (Wildman–Crippen LogP) is 3.09. The van der Waals surface area contributed by atoms with E-state index in [-0.39, 0.29) is 0 Å². The molecule has 1 rings (SSSR count). The van der Waals surface area contributed by atoms with Crippen molar-refractivity contribution in [2.75, 3.05) is 18.5 Å². The van der Waals surface area contributed by atoms with Gasteiger partial charge in [0.15, 0.2) is 0 Å². The van der Waals surface area contributed by atoms with Crippen molar-refractivity contribution in [3.8, 4) is 0 Å². The number of hydrogen-bond donors (Lipinski definition) is 1. The second-order valence-corrected chi connectivity index (χ2v) is 3.76. The molecule has 0 heterocycles. The van der Waals surface area contributed by atoms with Gasteiger partial charge in [0.05, 0.1) is 6.61 Å². The minimum Gasteiger partial charge on any atom is -0.380 e. The lowest BCUT2D eigenvalue weighted by Gasteiger charge is -2.15. The summed E-state index contributed by atoms with van der Waals surface area (Å²) in [4.78, 5) is 0. The van der Waals surface area contributed by atoms with Gasteiger partial charge in [0.2, 0.25) is 0 Å². The zero-order valence-corrected chi connectivity index (χ0v) is 9.92. The molecular weight excluding hydrogens is 186 g/mol. The summed E-state index contributed by atoms with van der Waals surface area (Å²) in [6, 6.07) is 8.94. The second-order valence-electron chi connectivity index (χ2n) is 3.76. The van der Waals surface area contributed by atoms with Crippen LogP contribution in [-0.4, -0.2) is 19.3 Å². The van der Waals surface area contributed by atoms with Crippen LogP contribution in [0.4, 0.5) is 5.69 Å². The van der Waals surface area contributed by atoms with Gasteiger partial charge in [-0.1, -0.05) is 19.1 Å². The molecule has 0 radical (unpaired) electrons. The highest BCUT2D eigenvalue weighted by Crippen LogP contribution is 2.11. The molecule has 1 aromatic rings. The number of benzene rings is 1. The van der Waals surface area contributed by atoms with Crippen molar-refractivity contribution in [3.05, 3.63) is 29.8 Å². The van der Waals surface area contributed by atoms with Crippen LogP contribution in [-0.2, 0) is 11.2 Å². The standard InChI is InChI=1S/C13H21NO/c1-4-12-6-8-13(9-7-12)14-11(3)10-15-5-2/h6-9,11,14H,4-5,10H2,1-3H3. The Kier molecular flexibility index (Phi) is 5.19. The third kappa shape index (κ3) is 4.34. The van der Waals surface area contributed by atoms with Crippen molar-refractivity contribution in [1.29, 1.82) is 0 Å². The predicted molar refractivity (Wildman–Crippen MR) is 65.4 cm³/mol. The Morgan fingerprint density at radius 2 is 1.87 bits per heavy atom. The molecule has 0 spiro atoms. The smallest absolute Gasteiger partial charge is 0.0664 e. The van der Waals surface area contributed by atoms with Crippen molar-refractivity contribution in [2.24, 2.45) is 0 Å². The highest BCUT2D eigenvalue weighted by atomic mass is 16.5. The van der Waals surface area contributed by atoms with Crippen LogP contribution in [0.2, 0.25) is 0 Å². The Labute approximate surface area is 92.6 Å². The molecule has 1 N–H and O–H groups in total. The molecule has 0 aliphatic carbocycles. The molecule has 0 fully saturated rings. The Hall–Kier alpha value is -1.02. The lowest BCUT2D eigenvalue weighted by Crippen LogP contribution is -2.21. The van der Waals surface area contributed by atoms with Crippen LogP contribution < -0.4 is 5.32 Å². The second kappa shape index (κ2) is 6.46. The molecule has 2 nitrogen and oxygen atoms in total. The van der Waals surface area contributed by atoms with Crippen LogP contribution in [0, 0.1) is 0 Å². The molecule has 0 aliphatic rings. The highest BCUT2D eigenvalue weighted by molar-refractivity contribution is 5.45. The monoisotopic (exact) mass is 207 g/mol. The maximum absolute atomic E-state index is 5.35. The minimum absolute atomic E-state index is 0.359. The maximum Gasteiger partial charge on any atom is 0.0664 e. The topological polar surface area (TPSA) is 21.3 Å². The summed E-state index contributed by atoms with van der Waals surface area (Å²) >= 11 is 0. The van der Waals surface area contributed by atoms with Gasteiger partial charge in [-0.2, -0.15) is 0 Å². The van der Waals surface area contributed by atoms with Gasteiger partial charge in [-0.3, -0.25) is 0 Å². The summed E-state index contributed by atoms with van der Waals surface area (Å²) in [5, 5.41) is 3.40. The molecule has 1 aromatic carbocycles. The van der Waals surface area contributed by atoms with E-state index >= 15 is 0 Å². The zero-order chi connectivity index (χ0) is 11.1. The molecule has 15 heavy (non-hydrogen) atoms. The first kappa shape index (κ1) is 12.1. The summed E-state index contributed by atoms with van der Waals surface area (Å²) < 4.78 is 5.35. The largest absolute Gasteiger partial charge is 0.380 e. The quantitative estimate of drug-likeness (QED) is 0.774. The summed E-state index contributed by atoms with van der Waals surface area (Å²) in [7, 11) is 0. The average Bonchev–Trinajstić information content (AvgIpc) is 2.27. The van der Waals surface area contributed by atoms with Crippen LogP contribution in [0.15, 0.2) is 24.3 Å². The van der Waals surface area contributed by atoms with Gasteiger partial charge in [0, 0.05) is 18.3 Å². The third-order valence-electron chi connectivity index (χ3n) is 2.35. The average molecular weight is 207 g/mol. The van der Waals surface area contributed by atoms with Gasteiger partial charge >= 0.3 is 0 Å². The SMILES string of the molecule is CCOCC(C)Nc1ccc(CC)cc1. The van der Waals surface area contributed by atoms with E-state index in [2.05, 4.69) is 43.4 Å². The lowest BCUT2D eigenvalue weighted by atomic mass is 10.1.